The van der Waals surface area contributed by atoms with Crippen molar-refractivity contribution in [2.24, 2.45) is 0 Å². The molecule has 152 valence electrons. The van der Waals surface area contributed by atoms with Crippen molar-refractivity contribution in [3.63, 3.8) is 0 Å². The highest BCUT2D eigenvalue weighted by Gasteiger charge is 2.23. The predicted octanol–water partition coefficient (Wildman–Crippen LogP) is 6.06. The van der Waals surface area contributed by atoms with Crippen molar-refractivity contribution >= 4 is 28.1 Å². The van der Waals surface area contributed by atoms with Crippen molar-refractivity contribution in [3.05, 3.63) is 100 Å². The van der Waals surface area contributed by atoms with Gasteiger partial charge in [0, 0.05) is 16.1 Å². The van der Waals surface area contributed by atoms with Crippen LogP contribution in [-0.2, 0) is 6.42 Å². The quantitative estimate of drug-likeness (QED) is 0.383. The molecular formula is C24H23N3O2S. The van der Waals surface area contributed by atoms with Gasteiger partial charge in [-0.2, -0.15) is 0 Å². The number of furan rings is 1. The molecule has 1 amide bonds. The van der Waals surface area contributed by atoms with E-state index >= 15 is 0 Å². The number of anilines is 2. The third-order valence-electron chi connectivity index (χ3n) is 4.76. The number of carbonyl (C=O) groups is 1. The van der Waals surface area contributed by atoms with Crippen LogP contribution in [0.2, 0.25) is 0 Å². The molecule has 4 rings (SSSR count). The monoisotopic (exact) mass is 417 g/mol. The van der Waals surface area contributed by atoms with E-state index in [0.29, 0.717) is 0 Å². The van der Waals surface area contributed by atoms with Gasteiger partial charge in [0.25, 0.3) is 5.91 Å². The van der Waals surface area contributed by atoms with Gasteiger partial charge in [0.05, 0.1) is 12.3 Å². The minimum absolute atomic E-state index is 0.163. The molecule has 0 bridgehead atoms. The molecular weight excluding hydrogens is 394 g/mol. The van der Waals surface area contributed by atoms with Crippen LogP contribution in [0.25, 0.3) is 0 Å². The van der Waals surface area contributed by atoms with E-state index in [1.54, 1.807) is 23.5 Å². The molecule has 6 heteroatoms. The van der Waals surface area contributed by atoms with Gasteiger partial charge in [-0.15, -0.1) is 11.3 Å². The maximum atomic E-state index is 12.7. The van der Waals surface area contributed by atoms with E-state index in [9.17, 15) is 4.79 Å². The van der Waals surface area contributed by atoms with Crippen LogP contribution in [0.5, 0.6) is 0 Å². The van der Waals surface area contributed by atoms with Gasteiger partial charge in [0.1, 0.15) is 10.8 Å². The van der Waals surface area contributed by atoms with Crippen LogP contribution in [0.4, 0.5) is 10.8 Å². The van der Waals surface area contributed by atoms with Crippen molar-refractivity contribution in [2.75, 3.05) is 10.6 Å². The van der Waals surface area contributed by atoms with Gasteiger partial charge in [0.15, 0.2) is 5.76 Å². The van der Waals surface area contributed by atoms with E-state index in [2.05, 4.69) is 40.7 Å². The third-order valence-corrected chi connectivity index (χ3v) is 5.97. The molecule has 0 aliphatic heterocycles. The van der Waals surface area contributed by atoms with Gasteiger partial charge in [-0.05, 0) is 49.2 Å². The molecule has 0 fully saturated rings. The average Bonchev–Trinajstić information content (AvgIpc) is 3.43. The number of nitrogens with one attached hydrogen (secondary N) is 2. The number of nitrogens with zero attached hydrogens (tertiary/aromatic N) is 1. The largest absolute Gasteiger partial charge is 0.459 e. The number of pyridine rings is 1. The van der Waals surface area contributed by atoms with Crippen LogP contribution >= 0.6 is 11.3 Å². The van der Waals surface area contributed by atoms with E-state index < -0.39 is 0 Å². The Balaban J connectivity index is 1.74. The molecule has 3 aromatic heterocycles. The Hall–Kier alpha value is -3.38. The highest BCUT2D eigenvalue weighted by atomic mass is 32.1. The van der Waals surface area contributed by atoms with Crippen LogP contribution in [0, 0.1) is 6.92 Å². The summed E-state index contributed by atoms with van der Waals surface area (Å²) in [6.07, 6.45) is 2.39. The second-order valence-corrected chi connectivity index (χ2v) is 8.07. The van der Waals surface area contributed by atoms with E-state index in [-0.39, 0.29) is 17.7 Å². The highest BCUT2D eigenvalue weighted by Crippen LogP contribution is 2.38. The predicted molar refractivity (Wildman–Crippen MR) is 121 cm³/mol. The van der Waals surface area contributed by atoms with Gasteiger partial charge >= 0.3 is 0 Å². The molecule has 0 aliphatic rings. The second kappa shape index (κ2) is 8.97. The lowest BCUT2D eigenvalue weighted by molar-refractivity contribution is 0.0997. The van der Waals surface area contributed by atoms with Gasteiger partial charge in [0.2, 0.25) is 0 Å². The standard InChI is InChI=1S/C24H23N3O2S/c1-3-18-15-19(24(30-18)27-23(28)20-12-8-14-29-20)22(17-10-5-4-6-11-17)26-21-13-7-9-16(2)25-21/h4-15,22H,3H2,1-2H3,(H,25,26)(H,27,28). The molecule has 0 spiro atoms. The first-order chi connectivity index (χ1) is 14.6. The first kappa shape index (κ1) is 19.9. The summed E-state index contributed by atoms with van der Waals surface area (Å²) >= 11 is 1.59. The minimum atomic E-state index is -0.258. The number of thiophene rings is 1. The molecule has 1 atom stereocenters. The number of carbonyl (C=O) groups excluding carboxylic acids is 1. The Bertz CT molecular complexity index is 1120. The van der Waals surface area contributed by atoms with Crippen LogP contribution in [0.15, 0.2) is 77.4 Å². The average molecular weight is 418 g/mol. The smallest absolute Gasteiger partial charge is 0.291 e. The Kier molecular flexibility index (Phi) is 5.95. The van der Waals surface area contributed by atoms with Gasteiger partial charge < -0.3 is 15.1 Å². The fourth-order valence-corrected chi connectivity index (χ4v) is 4.31. The summed E-state index contributed by atoms with van der Waals surface area (Å²) in [5, 5.41) is 7.41. The van der Waals surface area contributed by atoms with Crippen molar-refractivity contribution in [2.45, 2.75) is 26.3 Å². The van der Waals surface area contributed by atoms with Crippen LogP contribution in [-0.4, -0.2) is 10.9 Å². The summed E-state index contributed by atoms with van der Waals surface area (Å²) in [5.41, 5.74) is 3.04. The summed E-state index contributed by atoms with van der Waals surface area (Å²) in [6.45, 7) is 4.08. The fraction of sp³-hybridized carbons (Fsp3) is 0.167. The topological polar surface area (TPSA) is 67.2 Å². The number of amides is 1. The number of hydrogen-bond acceptors (Lipinski definition) is 5. The number of benzene rings is 1. The molecule has 2 N–H and O–H groups in total. The molecule has 1 unspecified atom stereocenters. The Labute approximate surface area is 179 Å². The highest BCUT2D eigenvalue weighted by molar-refractivity contribution is 7.16. The van der Waals surface area contributed by atoms with Crippen LogP contribution < -0.4 is 10.6 Å². The maximum absolute atomic E-state index is 12.7. The third kappa shape index (κ3) is 4.44. The SMILES string of the molecule is CCc1cc(C(Nc2cccc(C)n2)c2ccccc2)c(NC(=O)c2ccco2)s1. The lowest BCUT2D eigenvalue weighted by Crippen LogP contribution is -2.17. The van der Waals surface area contributed by atoms with Crippen LogP contribution in [0.3, 0.4) is 0 Å². The molecule has 0 radical (unpaired) electrons. The molecule has 4 aromatic rings. The fourth-order valence-electron chi connectivity index (χ4n) is 3.27. The summed E-state index contributed by atoms with van der Waals surface area (Å²) in [5.74, 6) is 0.819. The van der Waals surface area contributed by atoms with Crippen molar-refractivity contribution in [1.82, 2.24) is 4.98 Å². The van der Waals surface area contributed by atoms with E-state index in [4.69, 9.17) is 4.42 Å². The molecule has 1 aromatic carbocycles. The number of hydrogen-bond donors (Lipinski definition) is 2. The first-order valence-corrected chi connectivity index (χ1v) is 10.7. The van der Waals surface area contributed by atoms with E-state index in [0.717, 1.165) is 34.1 Å². The van der Waals surface area contributed by atoms with Crippen molar-refractivity contribution in [3.8, 4) is 0 Å². The number of aryl methyl sites for hydroxylation is 2. The lowest BCUT2D eigenvalue weighted by Gasteiger charge is -2.21. The van der Waals surface area contributed by atoms with E-state index in [1.165, 1.54) is 11.1 Å². The van der Waals surface area contributed by atoms with E-state index in [1.807, 2.05) is 43.3 Å². The zero-order valence-electron chi connectivity index (χ0n) is 16.9. The molecule has 0 saturated carbocycles. The summed E-state index contributed by atoms with van der Waals surface area (Å²) in [7, 11) is 0. The van der Waals surface area contributed by atoms with Gasteiger partial charge in [-0.25, -0.2) is 4.98 Å². The molecule has 0 saturated heterocycles. The zero-order chi connectivity index (χ0) is 20.9. The molecule has 30 heavy (non-hydrogen) atoms. The Morgan fingerprint density at radius 1 is 1.10 bits per heavy atom. The lowest BCUT2D eigenvalue weighted by atomic mass is 9.99. The zero-order valence-corrected chi connectivity index (χ0v) is 17.7. The molecule has 0 aliphatic carbocycles. The first-order valence-electron chi connectivity index (χ1n) is 9.86. The van der Waals surface area contributed by atoms with Crippen LogP contribution in [0.1, 0.15) is 45.2 Å². The van der Waals surface area contributed by atoms with Gasteiger partial charge in [-0.1, -0.05) is 43.3 Å². The molecule has 3 heterocycles. The Morgan fingerprint density at radius 3 is 2.63 bits per heavy atom. The van der Waals surface area contributed by atoms with Crippen molar-refractivity contribution in [1.29, 1.82) is 0 Å². The number of rotatable bonds is 7. The van der Waals surface area contributed by atoms with Gasteiger partial charge in [-0.3, -0.25) is 4.79 Å². The second-order valence-electron chi connectivity index (χ2n) is 6.93. The van der Waals surface area contributed by atoms with Crippen molar-refractivity contribution < 1.29 is 9.21 Å². The molecule has 5 nitrogen and oxygen atoms in total. The Morgan fingerprint density at radius 2 is 1.93 bits per heavy atom. The maximum Gasteiger partial charge on any atom is 0.291 e. The summed E-state index contributed by atoms with van der Waals surface area (Å²) in [6, 6.07) is 21.5. The number of aromatic nitrogens is 1. The minimum Gasteiger partial charge on any atom is -0.459 e. The summed E-state index contributed by atoms with van der Waals surface area (Å²) in [4.78, 5) is 18.5. The summed E-state index contributed by atoms with van der Waals surface area (Å²) < 4.78 is 5.26. The normalized spacial score (nSPS) is 11.8.